The summed E-state index contributed by atoms with van der Waals surface area (Å²) in [5.74, 6) is 0.202. The summed E-state index contributed by atoms with van der Waals surface area (Å²) in [4.78, 5) is 15.6. The van der Waals surface area contributed by atoms with Crippen LogP contribution in [0.25, 0.3) is 0 Å². The third-order valence-corrected chi connectivity index (χ3v) is 5.29. The average Bonchev–Trinajstić information content (AvgIpc) is 3.21. The third-order valence-electron chi connectivity index (χ3n) is 4.07. The molecule has 22 heavy (non-hydrogen) atoms. The van der Waals surface area contributed by atoms with Gasteiger partial charge in [-0.15, -0.1) is 11.3 Å². The summed E-state index contributed by atoms with van der Waals surface area (Å²) in [6.07, 6.45) is 0.853. The summed E-state index contributed by atoms with van der Waals surface area (Å²) < 4.78 is 13.7. The van der Waals surface area contributed by atoms with Crippen LogP contribution < -0.4 is 0 Å². The number of carbonyl (C=O) groups excluding carboxylic acids is 1. The Kier molecular flexibility index (Phi) is 4.50. The molecule has 1 aliphatic carbocycles. The van der Waals surface area contributed by atoms with Gasteiger partial charge in [-0.2, -0.15) is 0 Å². The molecule has 2 unspecified atom stereocenters. The van der Waals surface area contributed by atoms with E-state index in [1.165, 1.54) is 23.5 Å². The van der Waals surface area contributed by atoms with Gasteiger partial charge in [0.05, 0.1) is 10.9 Å². The normalized spacial score (nSPS) is 20.0. The molecule has 0 saturated heterocycles. The van der Waals surface area contributed by atoms with Gasteiger partial charge in [0, 0.05) is 17.3 Å². The molecule has 116 valence electrons. The van der Waals surface area contributed by atoms with E-state index in [0.717, 1.165) is 21.2 Å². The van der Waals surface area contributed by atoms with Crippen LogP contribution in [0.1, 0.15) is 29.7 Å². The zero-order valence-corrected chi connectivity index (χ0v) is 13.8. The van der Waals surface area contributed by atoms with Gasteiger partial charge in [0.15, 0.2) is 0 Å². The molecule has 2 aromatic rings. The SMILES string of the molecule is CCN(Cc1ccc(Cl)s1)C(=O)C1CC1c1ccc(F)cc1. The lowest BCUT2D eigenvalue weighted by Gasteiger charge is -2.20. The predicted octanol–water partition coefficient (Wildman–Crippen LogP) is 4.69. The molecule has 0 radical (unpaired) electrons. The van der Waals surface area contributed by atoms with Crippen LogP contribution in [0.5, 0.6) is 0 Å². The van der Waals surface area contributed by atoms with Crippen LogP contribution in [0.3, 0.4) is 0 Å². The zero-order valence-electron chi connectivity index (χ0n) is 12.3. The number of carbonyl (C=O) groups is 1. The van der Waals surface area contributed by atoms with Gasteiger partial charge in [-0.25, -0.2) is 4.39 Å². The van der Waals surface area contributed by atoms with Crippen molar-refractivity contribution in [2.45, 2.75) is 25.8 Å². The summed E-state index contributed by atoms with van der Waals surface area (Å²) >= 11 is 7.45. The first-order chi connectivity index (χ1) is 10.6. The van der Waals surface area contributed by atoms with E-state index in [1.807, 2.05) is 24.0 Å². The topological polar surface area (TPSA) is 20.3 Å². The molecule has 1 fully saturated rings. The summed E-state index contributed by atoms with van der Waals surface area (Å²) in [6.45, 7) is 3.28. The minimum atomic E-state index is -0.239. The van der Waals surface area contributed by atoms with E-state index in [1.54, 1.807) is 12.1 Å². The second-order valence-electron chi connectivity index (χ2n) is 5.56. The Morgan fingerprint density at radius 1 is 1.32 bits per heavy atom. The van der Waals surface area contributed by atoms with Crippen molar-refractivity contribution in [3.63, 3.8) is 0 Å². The number of hydrogen-bond donors (Lipinski definition) is 0. The molecular formula is C17H17ClFNOS. The maximum absolute atomic E-state index is 13.0. The fourth-order valence-electron chi connectivity index (χ4n) is 2.75. The Bertz CT molecular complexity index is 670. The van der Waals surface area contributed by atoms with Gasteiger partial charge in [0.1, 0.15) is 5.82 Å². The van der Waals surface area contributed by atoms with E-state index in [-0.39, 0.29) is 23.6 Å². The predicted molar refractivity (Wildman–Crippen MR) is 87.7 cm³/mol. The van der Waals surface area contributed by atoms with Crippen molar-refractivity contribution in [3.8, 4) is 0 Å². The molecule has 1 amide bonds. The number of benzene rings is 1. The van der Waals surface area contributed by atoms with E-state index in [4.69, 9.17) is 11.6 Å². The summed E-state index contributed by atoms with van der Waals surface area (Å²) in [5.41, 5.74) is 1.05. The lowest BCUT2D eigenvalue weighted by Crippen LogP contribution is -2.31. The summed E-state index contributed by atoms with van der Waals surface area (Å²) in [6, 6.07) is 10.3. The van der Waals surface area contributed by atoms with E-state index >= 15 is 0 Å². The van der Waals surface area contributed by atoms with Gasteiger partial charge >= 0.3 is 0 Å². The highest BCUT2D eigenvalue weighted by molar-refractivity contribution is 7.16. The molecule has 1 aromatic carbocycles. The molecule has 0 aliphatic heterocycles. The van der Waals surface area contributed by atoms with Gasteiger partial charge in [0.2, 0.25) is 5.91 Å². The summed E-state index contributed by atoms with van der Waals surface area (Å²) in [5, 5.41) is 0. The number of nitrogens with zero attached hydrogens (tertiary/aromatic N) is 1. The number of amides is 1. The van der Waals surface area contributed by atoms with Crippen molar-refractivity contribution < 1.29 is 9.18 Å². The van der Waals surface area contributed by atoms with Crippen LogP contribution in [0.2, 0.25) is 4.34 Å². The molecule has 0 bridgehead atoms. The molecule has 3 rings (SSSR count). The van der Waals surface area contributed by atoms with E-state index in [0.29, 0.717) is 13.1 Å². The number of thiophene rings is 1. The van der Waals surface area contributed by atoms with Crippen LogP contribution in [-0.4, -0.2) is 17.4 Å². The largest absolute Gasteiger partial charge is 0.338 e. The van der Waals surface area contributed by atoms with Crippen molar-refractivity contribution in [1.29, 1.82) is 0 Å². The number of hydrogen-bond acceptors (Lipinski definition) is 2. The van der Waals surface area contributed by atoms with Crippen molar-refractivity contribution in [1.82, 2.24) is 4.90 Å². The Hall–Kier alpha value is -1.39. The van der Waals surface area contributed by atoms with Crippen LogP contribution in [0, 0.1) is 11.7 Å². The minimum absolute atomic E-state index is 0.0286. The Labute approximate surface area is 138 Å². The fourth-order valence-corrected chi connectivity index (χ4v) is 3.85. The molecule has 5 heteroatoms. The van der Waals surface area contributed by atoms with Crippen LogP contribution >= 0.6 is 22.9 Å². The van der Waals surface area contributed by atoms with Crippen LogP contribution in [-0.2, 0) is 11.3 Å². The van der Waals surface area contributed by atoms with Gasteiger partial charge in [-0.1, -0.05) is 23.7 Å². The van der Waals surface area contributed by atoms with Crippen molar-refractivity contribution in [2.24, 2.45) is 5.92 Å². The number of halogens is 2. The van der Waals surface area contributed by atoms with Gasteiger partial charge in [-0.3, -0.25) is 4.79 Å². The highest BCUT2D eigenvalue weighted by atomic mass is 35.5. The fraction of sp³-hybridized carbons (Fsp3) is 0.353. The highest BCUT2D eigenvalue weighted by Crippen LogP contribution is 2.48. The van der Waals surface area contributed by atoms with Crippen molar-refractivity contribution in [3.05, 3.63) is 57.0 Å². The molecule has 1 aromatic heterocycles. The second-order valence-corrected chi connectivity index (χ2v) is 7.36. The van der Waals surface area contributed by atoms with E-state index < -0.39 is 0 Å². The smallest absolute Gasteiger partial charge is 0.226 e. The molecular weight excluding hydrogens is 321 g/mol. The Morgan fingerprint density at radius 2 is 2.05 bits per heavy atom. The van der Waals surface area contributed by atoms with Crippen molar-refractivity contribution in [2.75, 3.05) is 6.54 Å². The second kappa shape index (κ2) is 6.39. The molecule has 2 nitrogen and oxygen atoms in total. The molecule has 1 heterocycles. The first-order valence-corrected chi connectivity index (χ1v) is 8.56. The first kappa shape index (κ1) is 15.5. The van der Waals surface area contributed by atoms with Crippen molar-refractivity contribution >= 4 is 28.8 Å². The quantitative estimate of drug-likeness (QED) is 0.775. The summed E-state index contributed by atoms with van der Waals surface area (Å²) in [7, 11) is 0. The van der Waals surface area contributed by atoms with Crippen LogP contribution in [0.15, 0.2) is 36.4 Å². The maximum atomic E-state index is 13.0. The van der Waals surface area contributed by atoms with E-state index in [2.05, 4.69) is 0 Å². The highest BCUT2D eigenvalue weighted by Gasteiger charge is 2.45. The first-order valence-electron chi connectivity index (χ1n) is 7.37. The average molecular weight is 338 g/mol. The molecule has 1 saturated carbocycles. The van der Waals surface area contributed by atoms with Gasteiger partial charge in [0.25, 0.3) is 0 Å². The maximum Gasteiger partial charge on any atom is 0.226 e. The molecule has 0 spiro atoms. The lowest BCUT2D eigenvalue weighted by atomic mass is 10.1. The van der Waals surface area contributed by atoms with Gasteiger partial charge < -0.3 is 4.90 Å². The minimum Gasteiger partial charge on any atom is -0.338 e. The van der Waals surface area contributed by atoms with Gasteiger partial charge in [-0.05, 0) is 49.1 Å². The molecule has 1 aliphatic rings. The molecule has 0 N–H and O–H groups in total. The molecule has 2 atom stereocenters. The number of rotatable bonds is 5. The lowest BCUT2D eigenvalue weighted by molar-refractivity contribution is -0.133. The van der Waals surface area contributed by atoms with E-state index in [9.17, 15) is 9.18 Å². The Morgan fingerprint density at radius 3 is 2.64 bits per heavy atom. The Balaban J connectivity index is 1.64. The van der Waals surface area contributed by atoms with Crippen LogP contribution in [0.4, 0.5) is 4.39 Å². The third kappa shape index (κ3) is 3.33. The standard InChI is InChI=1S/C17H17ClFNOS/c1-2-20(10-13-7-8-16(18)22-13)17(21)15-9-14(15)11-3-5-12(19)6-4-11/h3-8,14-15H,2,9-10H2,1H3. The zero-order chi connectivity index (χ0) is 15.7. The monoisotopic (exact) mass is 337 g/mol.